The van der Waals surface area contributed by atoms with Gasteiger partial charge in [0.1, 0.15) is 10.7 Å². The molecule has 5 rings (SSSR count). The first-order valence-electron chi connectivity index (χ1n) is 10.6. The summed E-state index contributed by atoms with van der Waals surface area (Å²) in [5.74, 6) is -0.175. The molecule has 32 heavy (non-hydrogen) atoms. The van der Waals surface area contributed by atoms with Gasteiger partial charge in [0, 0.05) is 41.3 Å². The maximum absolute atomic E-state index is 13.3. The molecule has 0 atom stereocenters. The van der Waals surface area contributed by atoms with Crippen LogP contribution in [-0.4, -0.2) is 43.2 Å². The van der Waals surface area contributed by atoms with Gasteiger partial charge in [0.25, 0.3) is 5.91 Å². The lowest BCUT2D eigenvalue weighted by atomic mass is 10.0. The number of carbonyl (C=O) groups excluding carboxylic acids is 1. The summed E-state index contributed by atoms with van der Waals surface area (Å²) in [6, 6.07) is 12.5. The molecule has 1 amide bonds. The van der Waals surface area contributed by atoms with Gasteiger partial charge in [-0.3, -0.25) is 4.79 Å². The van der Waals surface area contributed by atoms with Crippen molar-refractivity contribution < 1.29 is 13.2 Å². The van der Waals surface area contributed by atoms with Crippen molar-refractivity contribution in [2.75, 3.05) is 24.5 Å². The van der Waals surface area contributed by atoms with Gasteiger partial charge in [-0.15, -0.1) is 11.3 Å². The molecule has 0 saturated carbocycles. The maximum atomic E-state index is 13.3. The van der Waals surface area contributed by atoms with Gasteiger partial charge < -0.3 is 4.90 Å². The highest BCUT2D eigenvalue weighted by Gasteiger charge is 2.30. The lowest BCUT2D eigenvalue weighted by Gasteiger charge is -2.29. The Labute approximate surface area is 196 Å². The van der Waals surface area contributed by atoms with E-state index in [0.717, 1.165) is 47.5 Å². The molecular formula is C23H22ClN3O3S2. The van der Waals surface area contributed by atoms with E-state index in [9.17, 15) is 13.2 Å². The molecule has 1 fully saturated rings. The molecule has 9 heteroatoms. The van der Waals surface area contributed by atoms with E-state index in [2.05, 4.69) is 4.98 Å². The first kappa shape index (κ1) is 21.6. The molecule has 0 aliphatic carbocycles. The second kappa shape index (κ2) is 8.59. The van der Waals surface area contributed by atoms with E-state index in [0.29, 0.717) is 35.2 Å². The van der Waals surface area contributed by atoms with Crippen LogP contribution in [0.4, 0.5) is 5.69 Å². The minimum absolute atomic E-state index is 0.175. The van der Waals surface area contributed by atoms with E-state index in [1.54, 1.807) is 38.9 Å². The Hall–Kier alpha value is -2.26. The average Bonchev–Trinajstić information content (AvgIpc) is 3.51. The number of nitrogens with zero attached hydrogens (tertiary/aromatic N) is 3. The summed E-state index contributed by atoms with van der Waals surface area (Å²) in [5.41, 5.74) is 2.90. The number of sulfonamides is 1. The highest BCUT2D eigenvalue weighted by Crippen LogP contribution is 2.33. The third-order valence-electron chi connectivity index (χ3n) is 5.91. The zero-order valence-electron chi connectivity index (χ0n) is 17.3. The van der Waals surface area contributed by atoms with Crippen molar-refractivity contribution in [3.8, 4) is 10.6 Å². The number of amides is 1. The maximum Gasteiger partial charge on any atom is 0.277 e. The largest absolute Gasteiger partial charge is 0.307 e. The minimum Gasteiger partial charge on any atom is -0.307 e. The van der Waals surface area contributed by atoms with Crippen molar-refractivity contribution in [1.82, 2.24) is 9.29 Å². The number of hydrogen-bond donors (Lipinski definition) is 0. The summed E-state index contributed by atoms with van der Waals surface area (Å²) in [4.78, 5) is 19.8. The number of benzene rings is 2. The number of hydrogen-bond acceptors (Lipinski definition) is 5. The fraction of sp³-hybridized carbons (Fsp3) is 0.304. The van der Waals surface area contributed by atoms with Gasteiger partial charge in [0.2, 0.25) is 10.0 Å². The van der Waals surface area contributed by atoms with Crippen molar-refractivity contribution in [2.24, 2.45) is 0 Å². The molecular weight excluding hydrogens is 466 g/mol. The van der Waals surface area contributed by atoms with Crippen LogP contribution in [-0.2, 0) is 16.4 Å². The van der Waals surface area contributed by atoms with E-state index in [1.807, 2.05) is 18.2 Å². The molecule has 3 aromatic rings. The summed E-state index contributed by atoms with van der Waals surface area (Å²) in [5, 5.41) is 3.12. The molecule has 1 aromatic heterocycles. The highest BCUT2D eigenvalue weighted by atomic mass is 35.5. The van der Waals surface area contributed by atoms with Crippen LogP contribution in [0, 0.1) is 0 Å². The normalized spacial score (nSPS) is 16.8. The number of thiazole rings is 1. The third-order valence-corrected chi connectivity index (χ3v) is 8.93. The monoisotopic (exact) mass is 487 g/mol. The quantitative estimate of drug-likeness (QED) is 0.528. The van der Waals surface area contributed by atoms with Gasteiger partial charge in [0.15, 0.2) is 0 Å². The molecule has 0 spiro atoms. The average molecular weight is 488 g/mol. The fourth-order valence-corrected chi connectivity index (χ4v) is 6.84. The van der Waals surface area contributed by atoms with Crippen LogP contribution < -0.4 is 4.90 Å². The molecule has 166 valence electrons. The van der Waals surface area contributed by atoms with Gasteiger partial charge in [-0.25, -0.2) is 13.4 Å². The zero-order chi connectivity index (χ0) is 22.3. The number of carbonyl (C=O) groups is 1. The molecule has 1 saturated heterocycles. The summed E-state index contributed by atoms with van der Waals surface area (Å²) < 4.78 is 27.4. The minimum atomic E-state index is -3.48. The summed E-state index contributed by atoms with van der Waals surface area (Å²) in [7, 11) is -3.48. The molecule has 2 aliphatic rings. The zero-order valence-corrected chi connectivity index (χ0v) is 19.7. The lowest BCUT2D eigenvalue weighted by Crippen LogP contribution is -2.36. The van der Waals surface area contributed by atoms with Crippen LogP contribution in [0.25, 0.3) is 10.6 Å². The van der Waals surface area contributed by atoms with E-state index in [-0.39, 0.29) is 5.91 Å². The second-order valence-electron chi connectivity index (χ2n) is 8.01. The third kappa shape index (κ3) is 3.96. The number of anilines is 1. The van der Waals surface area contributed by atoms with Gasteiger partial charge >= 0.3 is 0 Å². The standard InChI is InChI=1S/C23H22ClN3O3S2/c24-18-7-3-5-17(13-18)22-25-20(15-31-22)23(28)27-12-4-6-16-14-19(8-9-21(16)27)32(29,30)26-10-1-2-11-26/h3,5,7-9,13-15H,1-2,4,6,10-12H2. The summed E-state index contributed by atoms with van der Waals surface area (Å²) in [6.07, 6.45) is 3.32. The van der Waals surface area contributed by atoms with Crippen molar-refractivity contribution in [3.63, 3.8) is 0 Å². The number of fused-ring (bicyclic) bond motifs is 1. The SMILES string of the molecule is O=C(c1csc(-c2cccc(Cl)c2)n1)N1CCCc2cc(S(=O)(=O)N3CCCC3)ccc21. The Morgan fingerprint density at radius 3 is 2.62 bits per heavy atom. The molecule has 0 N–H and O–H groups in total. The van der Waals surface area contributed by atoms with Gasteiger partial charge in [-0.2, -0.15) is 4.31 Å². The molecule has 3 heterocycles. The van der Waals surface area contributed by atoms with Gasteiger partial charge in [-0.1, -0.05) is 23.7 Å². The van der Waals surface area contributed by atoms with Crippen molar-refractivity contribution >= 4 is 44.6 Å². The number of aryl methyl sites for hydroxylation is 1. The van der Waals surface area contributed by atoms with Crippen LogP contribution in [0.2, 0.25) is 5.02 Å². The molecule has 0 unspecified atom stereocenters. The molecule has 6 nitrogen and oxygen atoms in total. The van der Waals surface area contributed by atoms with Gasteiger partial charge in [0.05, 0.1) is 4.90 Å². The van der Waals surface area contributed by atoms with Crippen LogP contribution in [0.15, 0.2) is 52.7 Å². The smallest absolute Gasteiger partial charge is 0.277 e. The van der Waals surface area contributed by atoms with E-state index in [4.69, 9.17) is 11.6 Å². The van der Waals surface area contributed by atoms with Crippen LogP contribution in [0.5, 0.6) is 0 Å². The summed E-state index contributed by atoms with van der Waals surface area (Å²) >= 11 is 7.49. The molecule has 2 aliphatic heterocycles. The first-order chi connectivity index (χ1) is 15.4. The Morgan fingerprint density at radius 1 is 1.03 bits per heavy atom. The van der Waals surface area contributed by atoms with E-state index < -0.39 is 10.0 Å². The first-order valence-corrected chi connectivity index (χ1v) is 13.3. The second-order valence-corrected chi connectivity index (χ2v) is 11.2. The van der Waals surface area contributed by atoms with Gasteiger partial charge in [-0.05, 0) is 61.6 Å². The van der Waals surface area contributed by atoms with Crippen LogP contribution >= 0.6 is 22.9 Å². The lowest BCUT2D eigenvalue weighted by molar-refractivity contribution is 0.0981. The Bertz CT molecular complexity index is 1280. The number of halogens is 1. The number of rotatable bonds is 4. The Kier molecular flexibility index (Phi) is 5.79. The predicted octanol–water partition coefficient (Wildman–Crippen LogP) is 4.84. The number of aromatic nitrogens is 1. The van der Waals surface area contributed by atoms with Crippen LogP contribution in [0.3, 0.4) is 0 Å². The summed E-state index contributed by atoms with van der Waals surface area (Å²) in [6.45, 7) is 1.72. The van der Waals surface area contributed by atoms with E-state index >= 15 is 0 Å². The Balaban J connectivity index is 1.42. The Morgan fingerprint density at radius 2 is 1.84 bits per heavy atom. The van der Waals surface area contributed by atoms with Crippen molar-refractivity contribution in [3.05, 3.63) is 64.1 Å². The predicted molar refractivity (Wildman–Crippen MR) is 127 cm³/mol. The molecule has 2 aromatic carbocycles. The van der Waals surface area contributed by atoms with E-state index in [1.165, 1.54) is 11.3 Å². The fourth-order valence-electron chi connectivity index (χ4n) is 4.29. The molecule has 0 radical (unpaired) electrons. The highest BCUT2D eigenvalue weighted by molar-refractivity contribution is 7.89. The topological polar surface area (TPSA) is 70.6 Å². The van der Waals surface area contributed by atoms with Crippen molar-refractivity contribution in [2.45, 2.75) is 30.6 Å². The van der Waals surface area contributed by atoms with Crippen molar-refractivity contribution in [1.29, 1.82) is 0 Å². The van der Waals surface area contributed by atoms with Crippen LogP contribution in [0.1, 0.15) is 35.3 Å². The molecule has 0 bridgehead atoms.